The van der Waals surface area contributed by atoms with Crippen molar-refractivity contribution in [2.24, 2.45) is 14.1 Å². The van der Waals surface area contributed by atoms with Gasteiger partial charge in [0.2, 0.25) is 5.91 Å². The lowest BCUT2D eigenvalue weighted by molar-refractivity contribution is -0.111. The van der Waals surface area contributed by atoms with Crippen LogP contribution in [0.5, 0.6) is 0 Å². The summed E-state index contributed by atoms with van der Waals surface area (Å²) in [7, 11) is 2.92. The monoisotopic (exact) mass is 340 g/mol. The summed E-state index contributed by atoms with van der Waals surface area (Å²) in [5.74, 6) is 0.922. The number of carbonyl (C=O) groups is 1. The molecule has 3 rings (SSSR count). The van der Waals surface area contributed by atoms with Gasteiger partial charge >= 0.3 is 5.69 Å². The first kappa shape index (κ1) is 16.4. The zero-order chi connectivity index (χ0) is 18.1. The molecular weight excluding hydrogens is 324 g/mol. The maximum atomic E-state index is 12.2. The fraction of sp³-hybridized carbons (Fsp3) is 0.176. The van der Waals surface area contributed by atoms with E-state index in [0.717, 1.165) is 10.3 Å². The Morgan fingerprint density at radius 2 is 2.00 bits per heavy atom. The van der Waals surface area contributed by atoms with Crippen LogP contribution >= 0.6 is 0 Å². The molecule has 8 heteroatoms. The summed E-state index contributed by atoms with van der Waals surface area (Å²) >= 11 is 0. The Morgan fingerprint density at radius 3 is 2.68 bits per heavy atom. The average molecular weight is 340 g/mol. The largest absolute Gasteiger partial charge is 0.462 e. The molecule has 3 aromatic heterocycles. The maximum Gasteiger partial charge on any atom is 0.332 e. The molecule has 0 bridgehead atoms. The summed E-state index contributed by atoms with van der Waals surface area (Å²) in [4.78, 5) is 40.2. The van der Waals surface area contributed by atoms with Crippen LogP contribution in [0.15, 0.2) is 44.5 Å². The predicted molar refractivity (Wildman–Crippen MR) is 93.3 cm³/mol. The third kappa shape index (κ3) is 3.14. The van der Waals surface area contributed by atoms with E-state index in [1.807, 2.05) is 6.92 Å². The normalized spacial score (nSPS) is 11.3. The Hall–Kier alpha value is -3.42. The molecular formula is C17H16N4O4. The highest BCUT2D eigenvalue weighted by Crippen LogP contribution is 2.12. The topological polar surface area (TPSA) is 99.1 Å². The number of hydrogen-bond donors (Lipinski definition) is 1. The quantitative estimate of drug-likeness (QED) is 0.722. The lowest BCUT2D eigenvalue weighted by atomic mass is 10.3. The second-order valence-electron chi connectivity index (χ2n) is 5.57. The van der Waals surface area contributed by atoms with Crippen molar-refractivity contribution < 1.29 is 9.21 Å². The lowest BCUT2D eigenvalue weighted by Crippen LogP contribution is -2.37. The van der Waals surface area contributed by atoms with Crippen LogP contribution in [0.4, 0.5) is 5.69 Å². The van der Waals surface area contributed by atoms with Crippen molar-refractivity contribution in [3.8, 4) is 0 Å². The van der Waals surface area contributed by atoms with Crippen LogP contribution in [0.3, 0.4) is 0 Å². The molecule has 3 aromatic rings. The van der Waals surface area contributed by atoms with Crippen molar-refractivity contribution in [2.75, 3.05) is 5.32 Å². The van der Waals surface area contributed by atoms with Crippen molar-refractivity contribution in [3.63, 3.8) is 0 Å². The number of carbonyl (C=O) groups excluding carboxylic acids is 1. The van der Waals surface area contributed by atoms with Gasteiger partial charge in [-0.2, -0.15) is 0 Å². The van der Waals surface area contributed by atoms with Gasteiger partial charge in [0, 0.05) is 20.2 Å². The molecule has 128 valence electrons. The van der Waals surface area contributed by atoms with E-state index in [0.29, 0.717) is 11.4 Å². The highest BCUT2D eigenvalue weighted by molar-refractivity contribution is 6.02. The first-order valence-corrected chi connectivity index (χ1v) is 7.48. The first-order chi connectivity index (χ1) is 11.9. The third-order valence-corrected chi connectivity index (χ3v) is 3.72. The van der Waals surface area contributed by atoms with E-state index in [9.17, 15) is 14.4 Å². The molecule has 0 fully saturated rings. The van der Waals surface area contributed by atoms with Gasteiger partial charge in [0.15, 0.2) is 0 Å². The predicted octanol–water partition coefficient (Wildman–Crippen LogP) is 1.19. The number of aromatic nitrogens is 3. The molecule has 0 aliphatic heterocycles. The number of amides is 1. The van der Waals surface area contributed by atoms with Gasteiger partial charge in [0.1, 0.15) is 17.2 Å². The number of nitrogens with one attached hydrogen (secondary N) is 1. The zero-order valence-electron chi connectivity index (χ0n) is 13.9. The lowest BCUT2D eigenvalue weighted by Gasteiger charge is -2.08. The smallest absolute Gasteiger partial charge is 0.332 e. The van der Waals surface area contributed by atoms with Gasteiger partial charge in [-0.3, -0.25) is 18.7 Å². The molecule has 0 aliphatic carbocycles. The van der Waals surface area contributed by atoms with Gasteiger partial charge < -0.3 is 9.73 Å². The molecule has 0 aliphatic rings. The molecule has 0 saturated carbocycles. The molecule has 0 saturated heterocycles. The van der Waals surface area contributed by atoms with Crippen molar-refractivity contribution in [1.29, 1.82) is 0 Å². The minimum Gasteiger partial charge on any atom is -0.462 e. The second kappa shape index (κ2) is 6.23. The Balaban J connectivity index is 1.89. The summed E-state index contributed by atoms with van der Waals surface area (Å²) in [6, 6.07) is 5.04. The van der Waals surface area contributed by atoms with E-state index < -0.39 is 17.2 Å². The Labute approximate surface area is 142 Å². The fourth-order valence-electron chi connectivity index (χ4n) is 2.42. The van der Waals surface area contributed by atoms with E-state index in [1.165, 1.54) is 37.0 Å². The molecule has 0 spiro atoms. The van der Waals surface area contributed by atoms with Gasteiger partial charge in [-0.05, 0) is 31.2 Å². The molecule has 3 heterocycles. The van der Waals surface area contributed by atoms with E-state index >= 15 is 0 Å². The van der Waals surface area contributed by atoms with Gasteiger partial charge in [0.05, 0.1) is 17.3 Å². The summed E-state index contributed by atoms with van der Waals surface area (Å²) in [6.45, 7) is 1.81. The Kier molecular flexibility index (Phi) is 4.10. The molecule has 0 aromatic carbocycles. The number of furan rings is 1. The minimum atomic E-state index is -0.469. The third-order valence-electron chi connectivity index (χ3n) is 3.72. The second-order valence-corrected chi connectivity index (χ2v) is 5.57. The molecule has 0 unspecified atom stereocenters. The van der Waals surface area contributed by atoms with Crippen molar-refractivity contribution in [1.82, 2.24) is 14.1 Å². The van der Waals surface area contributed by atoms with Crippen molar-refractivity contribution in [2.45, 2.75) is 6.92 Å². The number of pyridine rings is 1. The van der Waals surface area contributed by atoms with Crippen LogP contribution in [0.1, 0.15) is 11.5 Å². The summed E-state index contributed by atoms with van der Waals surface area (Å²) < 4.78 is 7.61. The molecule has 1 N–H and O–H groups in total. The summed E-state index contributed by atoms with van der Waals surface area (Å²) in [5, 5.41) is 2.87. The Morgan fingerprint density at radius 1 is 1.24 bits per heavy atom. The number of hydrogen-bond acceptors (Lipinski definition) is 5. The summed E-state index contributed by atoms with van der Waals surface area (Å²) in [5.41, 5.74) is -0.317. The molecule has 0 atom stereocenters. The van der Waals surface area contributed by atoms with Crippen LogP contribution in [-0.4, -0.2) is 20.0 Å². The van der Waals surface area contributed by atoms with Crippen LogP contribution in [0, 0.1) is 6.92 Å². The number of fused-ring (bicyclic) bond motifs is 1. The zero-order valence-corrected chi connectivity index (χ0v) is 13.9. The fourth-order valence-corrected chi connectivity index (χ4v) is 2.42. The van der Waals surface area contributed by atoms with Crippen LogP contribution in [-0.2, 0) is 18.9 Å². The van der Waals surface area contributed by atoms with Gasteiger partial charge in [0.25, 0.3) is 5.56 Å². The summed E-state index contributed by atoms with van der Waals surface area (Å²) in [6.07, 6.45) is 4.25. The number of aryl methyl sites for hydroxylation is 2. The molecule has 0 radical (unpaired) electrons. The average Bonchev–Trinajstić information content (AvgIpc) is 3.01. The molecule has 8 nitrogen and oxygen atoms in total. The number of rotatable bonds is 3. The van der Waals surface area contributed by atoms with Gasteiger partial charge in [-0.25, -0.2) is 9.78 Å². The van der Waals surface area contributed by atoms with Crippen molar-refractivity contribution in [3.05, 3.63) is 62.8 Å². The highest BCUT2D eigenvalue weighted by atomic mass is 16.3. The van der Waals surface area contributed by atoms with Crippen LogP contribution in [0.2, 0.25) is 0 Å². The number of nitrogens with zero attached hydrogens (tertiary/aromatic N) is 3. The Bertz CT molecular complexity index is 1120. The van der Waals surface area contributed by atoms with Crippen molar-refractivity contribution >= 4 is 28.7 Å². The van der Waals surface area contributed by atoms with E-state index in [4.69, 9.17) is 4.42 Å². The van der Waals surface area contributed by atoms with E-state index in [1.54, 1.807) is 18.2 Å². The van der Waals surface area contributed by atoms with E-state index in [2.05, 4.69) is 10.3 Å². The van der Waals surface area contributed by atoms with E-state index in [-0.39, 0.29) is 11.0 Å². The highest BCUT2D eigenvalue weighted by Gasteiger charge is 2.10. The van der Waals surface area contributed by atoms with Gasteiger partial charge in [-0.1, -0.05) is 0 Å². The maximum absolute atomic E-state index is 12.2. The standard InChI is InChI=1S/C17H16N4O4/c1-10-4-5-12(25-10)6-7-14(22)19-11-8-13-15(18-9-11)20(2)17(24)21(3)16(13)23/h4-9H,1-3H3,(H,19,22)/b7-6+. The first-order valence-electron chi connectivity index (χ1n) is 7.48. The van der Waals surface area contributed by atoms with Crippen LogP contribution < -0.4 is 16.6 Å². The number of anilines is 1. The molecule has 25 heavy (non-hydrogen) atoms. The minimum absolute atomic E-state index is 0.244. The van der Waals surface area contributed by atoms with Gasteiger partial charge in [-0.15, -0.1) is 0 Å². The SMILES string of the molecule is Cc1ccc(/C=C/C(=O)Nc2cnc3c(c2)c(=O)n(C)c(=O)n3C)o1. The van der Waals surface area contributed by atoms with Crippen LogP contribution in [0.25, 0.3) is 17.1 Å². The molecule has 1 amide bonds.